The molecular weight excluding hydrogens is 362 g/mol. The number of carbonyl (C=O) groups excluding carboxylic acids is 1. The second kappa shape index (κ2) is 7.93. The lowest BCUT2D eigenvalue weighted by Gasteiger charge is -2.31. The maximum absolute atomic E-state index is 12.6. The summed E-state index contributed by atoms with van der Waals surface area (Å²) in [5.74, 6) is 0.249. The number of fused-ring (bicyclic) bond motifs is 1. The average molecular weight is 388 g/mol. The highest BCUT2D eigenvalue weighted by molar-refractivity contribution is 7.92. The average Bonchev–Trinajstić information content (AvgIpc) is 2.98. The first-order valence-corrected chi connectivity index (χ1v) is 10.4. The van der Waals surface area contributed by atoms with E-state index in [0.29, 0.717) is 36.7 Å². The largest absolute Gasteiger partial charge is 0.349 e. The Morgan fingerprint density at radius 3 is 2.72 bits per heavy atom. The fourth-order valence-corrected chi connectivity index (χ4v) is 4.75. The van der Waals surface area contributed by atoms with Gasteiger partial charge in [0.1, 0.15) is 0 Å². The number of nitrogens with two attached hydrogens (primary N) is 1. The Kier molecular flexibility index (Phi) is 6.35. The number of hydrogen-bond donors (Lipinski definition) is 2. The number of anilines is 1. The summed E-state index contributed by atoms with van der Waals surface area (Å²) in [4.78, 5) is 12.6. The van der Waals surface area contributed by atoms with Crippen LogP contribution in [0.3, 0.4) is 0 Å². The predicted octanol–water partition coefficient (Wildman–Crippen LogP) is 1.68. The molecule has 1 aromatic rings. The molecule has 2 atom stereocenters. The van der Waals surface area contributed by atoms with Gasteiger partial charge in [-0.2, -0.15) is 0 Å². The molecule has 1 fully saturated rings. The molecule has 1 aliphatic carbocycles. The van der Waals surface area contributed by atoms with Gasteiger partial charge in [0.05, 0.1) is 11.9 Å². The minimum absolute atomic E-state index is 0. The molecule has 1 amide bonds. The standard InChI is InChI=1S/C17H25N3O3S.ClH/c1-24(22,23)20-9-8-12-10-13(6-7-16(12)20)17(21)19-15-5-3-2-4-14(15)11-18;/h6-7,10,14-15H,2-5,8-9,11,18H2,1H3,(H,19,21);1H. The normalized spacial score (nSPS) is 22.9. The van der Waals surface area contributed by atoms with Crippen molar-refractivity contribution in [2.45, 2.75) is 38.1 Å². The van der Waals surface area contributed by atoms with Crippen molar-refractivity contribution < 1.29 is 13.2 Å². The van der Waals surface area contributed by atoms with E-state index < -0.39 is 10.0 Å². The van der Waals surface area contributed by atoms with Crippen LogP contribution in [0, 0.1) is 5.92 Å². The highest BCUT2D eigenvalue weighted by Gasteiger charge is 2.28. The van der Waals surface area contributed by atoms with E-state index in [4.69, 9.17) is 5.73 Å². The topological polar surface area (TPSA) is 92.5 Å². The van der Waals surface area contributed by atoms with Crippen molar-refractivity contribution >= 4 is 34.0 Å². The fourth-order valence-electron chi connectivity index (χ4n) is 3.79. The van der Waals surface area contributed by atoms with Gasteiger partial charge < -0.3 is 11.1 Å². The van der Waals surface area contributed by atoms with Crippen LogP contribution in [0.1, 0.15) is 41.6 Å². The zero-order valence-corrected chi connectivity index (χ0v) is 16.0. The van der Waals surface area contributed by atoms with Crippen LogP contribution < -0.4 is 15.4 Å². The minimum atomic E-state index is -3.26. The lowest BCUT2D eigenvalue weighted by Crippen LogP contribution is -2.44. The minimum Gasteiger partial charge on any atom is -0.349 e. The summed E-state index contributed by atoms with van der Waals surface area (Å²) in [6.45, 7) is 1.04. The van der Waals surface area contributed by atoms with Gasteiger partial charge in [0.2, 0.25) is 10.0 Å². The Morgan fingerprint density at radius 1 is 1.32 bits per heavy atom. The molecule has 1 aromatic carbocycles. The number of benzene rings is 1. The van der Waals surface area contributed by atoms with Crippen LogP contribution in [0.2, 0.25) is 0 Å². The number of carbonyl (C=O) groups is 1. The van der Waals surface area contributed by atoms with Crippen LogP contribution >= 0.6 is 12.4 Å². The third-order valence-electron chi connectivity index (χ3n) is 5.12. The second-order valence-corrected chi connectivity index (χ2v) is 8.70. The number of halogens is 1. The summed E-state index contributed by atoms with van der Waals surface area (Å²) in [6, 6.07) is 5.39. The maximum Gasteiger partial charge on any atom is 0.251 e. The zero-order chi connectivity index (χ0) is 17.3. The van der Waals surface area contributed by atoms with Gasteiger partial charge in [-0.15, -0.1) is 12.4 Å². The summed E-state index contributed by atoms with van der Waals surface area (Å²) < 4.78 is 25.0. The van der Waals surface area contributed by atoms with E-state index >= 15 is 0 Å². The van der Waals surface area contributed by atoms with Crippen LogP contribution in [0.5, 0.6) is 0 Å². The van der Waals surface area contributed by atoms with E-state index in [1.54, 1.807) is 12.1 Å². The molecule has 3 rings (SSSR count). The molecule has 2 aliphatic rings. The van der Waals surface area contributed by atoms with E-state index in [2.05, 4.69) is 5.32 Å². The van der Waals surface area contributed by atoms with Gasteiger partial charge in [-0.1, -0.05) is 12.8 Å². The molecule has 25 heavy (non-hydrogen) atoms. The van der Waals surface area contributed by atoms with Gasteiger partial charge in [0.25, 0.3) is 5.91 Å². The molecule has 0 bridgehead atoms. The van der Waals surface area contributed by atoms with Crippen molar-refractivity contribution in [3.8, 4) is 0 Å². The first-order valence-electron chi connectivity index (χ1n) is 8.51. The summed E-state index contributed by atoms with van der Waals surface area (Å²) in [5, 5.41) is 3.12. The van der Waals surface area contributed by atoms with Crippen LogP contribution in [0.25, 0.3) is 0 Å². The zero-order valence-electron chi connectivity index (χ0n) is 14.4. The fraction of sp³-hybridized carbons (Fsp3) is 0.588. The number of hydrogen-bond acceptors (Lipinski definition) is 4. The van der Waals surface area contributed by atoms with Crippen molar-refractivity contribution in [2.75, 3.05) is 23.7 Å². The lowest BCUT2D eigenvalue weighted by molar-refractivity contribution is 0.0908. The number of amides is 1. The Labute approximate surface area is 155 Å². The number of rotatable bonds is 4. The maximum atomic E-state index is 12.6. The first kappa shape index (κ1) is 20.0. The number of nitrogens with zero attached hydrogens (tertiary/aromatic N) is 1. The van der Waals surface area contributed by atoms with Crippen LogP contribution in [-0.4, -0.2) is 39.7 Å². The van der Waals surface area contributed by atoms with Crippen molar-refractivity contribution in [1.29, 1.82) is 0 Å². The summed E-state index contributed by atoms with van der Waals surface area (Å²) in [6.07, 6.45) is 6.18. The SMILES string of the molecule is CS(=O)(=O)N1CCc2cc(C(=O)NC3CCCCC3CN)ccc21.Cl. The summed E-state index contributed by atoms with van der Waals surface area (Å²) >= 11 is 0. The van der Waals surface area contributed by atoms with Crippen molar-refractivity contribution in [2.24, 2.45) is 11.7 Å². The van der Waals surface area contributed by atoms with E-state index in [1.807, 2.05) is 6.07 Å². The third kappa shape index (κ3) is 4.27. The molecule has 0 radical (unpaired) electrons. The molecule has 0 saturated heterocycles. The first-order chi connectivity index (χ1) is 11.4. The Morgan fingerprint density at radius 2 is 2.04 bits per heavy atom. The van der Waals surface area contributed by atoms with Crippen molar-refractivity contribution in [3.05, 3.63) is 29.3 Å². The Balaban J connectivity index is 0.00000225. The molecule has 8 heteroatoms. The quantitative estimate of drug-likeness (QED) is 0.822. The second-order valence-electron chi connectivity index (χ2n) is 6.79. The Hall–Kier alpha value is -1.31. The predicted molar refractivity (Wildman–Crippen MR) is 102 cm³/mol. The van der Waals surface area contributed by atoms with E-state index in [-0.39, 0.29) is 24.4 Å². The molecular formula is C17H26ClN3O3S. The van der Waals surface area contributed by atoms with Gasteiger partial charge in [0, 0.05) is 18.2 Å². The molecule has 1 heterocycles. The molecule has 6 nitrogen and oxygen atoms in total. The van der Waals surface area contributed by atoms with Gasteiger partial charge in [-0.25, -0.2) is 8.42 Å². The van der Waals surface area contributed by atoms with Crippen LogP contribution in [0.4, 0.5) is 5.69 Å². The van der Waals surface area contributed by atoms with Gasteiger partial charge in [-0.05, 0) is 55.5 Å². The molecule has 2 unspecified atom stereocenters. The van der Waals surface area contributed by atoms with E-state index in [0.717, 1.165) is 24.8 Å². The molecule has 1 saturated carbocycles. The highest BCUT2D eigenvalue weighted by atomic mass is 35.5. The molecule has 140 valence electrons. The smallest absolute Gasteiger partial charge is 0.251 e. The third-order valence-corrected chi connectivity index (χ3v) is 6.30. The number of nitrogens with one attached hydrogen (secondary N) is 1. The molecule has 0 aromatic heterocycles. The molecule has 1 aliphatic heterocycles. The van der Waals surface area contributed by atoms with Gasteiger partial charge in [-0.3, -0.25) is 9.10 Å². The van der Waals surface area contributed by atoms with Gasteiger partial charge >= 0.3 is 0 Å². The van der Waals surface area contributed by atoms with E-state index in [1.165, 1.54) is 17.0 Å². The highest BCUT2D eigenvalue weighted by Crippen LogP contribution is 2.31. The Bertz CT molecular complexity index is 739. The summed E-state index contributed by atoms with van der Waals surface area (Å²) in [7, 11) is -3.26. The van der Waals surface area contributed by atoms with Crippen LogP contribution in [-0.2, 0) is 16.4 Å². The lowest BCUT2D eigenvalue weighted by atomic mass is 9.84. The van der Waals surface area contributed by atoms with E-state index in [9.17, 15) is 13.2 Å². The monoisotopic (exact) mass is 387 g/mol. The van der Waals surface area contributed by atoms with Gasteiger partial charge in [0.15, 0.2) is 0 Å². The summed E-state index contributed by atoms with van der Waals surface area (Å²) in [5.41, 5.74) is 8.01. The van der Waals surface area contributed by atoms with Crippen molar-refractivity contribution in [1.82, 2.24) is 5.32 Å². The number of sulfonamides is 1. The molecule has 0 spiro atoms. The van der Waals surface area contributed by atoms with Crippen molar-refractivity contribution in [3.63, 3.8) is 0 Å². The van der Waals surface area contributed by atoms with Crippen LogP contribution in [0.15, 0.2) is 18.2 Å². The molecule has 3 N–H and O–H groups in total.